The Hall–Kier alpha value is -0.0700. The Bertz CT molecular complexity index is 74.6. The average molecular weight is 131 g/mol. The fraction of sp³-hybridized carbons (Fsp3) is 1.00. The highest BCUT2D eigenvalue weighted by Gasteiger charge is 2.20. The molecule has 1 heteroatoms. The predicted octanol–water partition coefficient (Wildman–Crippen LogP) is 3.17. The van der Waals surface area contributed by atoms with E-state index in [4.69, 9.17) is 0 Å². The highest BCUT2D eigenvalue weighted by molar-refractivity contribution is 4.71. The van der Waals surface area contributed by atoms with Crippen LogP contribution in [0, 0.1) is 5.92 Å². The molecule has 9 heavy (non-hydrogen) atoms. The molecular weight excluding hydrogens is 114 g/mol. The van der Waals surface area contributed by atoms with Gasteiger partial charge in [-0.15, -0.1) is 0 Å². The van der Waals surface area contributed by atoms with Crippen LogP contribution in [0.5, 0.6) is 0 Å². The highest BCUT2D eigenvalue weighted by atomic mass is 18.2. The van der Waals surface area contributed by atoms with Gasteiger partial charge < -0.3 is 0 Å². The van der Waals surface area contributed by atoms with Crippen LogP contribution in [0.15, 0.2) is 0 Å². The maximum absolute atomic E-state index is 13.1. The molecular formula is C8H17F. The molecule has 0 fully saturated rings. The SMILES string of the molecule is CC[C@@](C)([18F])CC(C)C. The molecule has 0 heterocycles. The molecule has 1 atom stereocenters. The van der Waals surface area contributed by atoms with E-state index in [9.17, 15) is 4.39 Å². The highest BCUT2D eigenvalue weighted by Crippen LogP contribution is 2.23. The molecule has 0 aromatic rings. The molecule has 0 amide bonds. The number of halogens is 1. The van der Waals surface area contributed by atoms with Gasteiger partial charge in [0, 0.05) is 0 Å². The van der Waals surface area contributed by atoms with Crippen molar-refractivity contribution < 1.29 is 4.39 Å². The fourth-order valence-electron chi connectivity index (χ4n) is 0.996. The summed E-state index contributed by atoms with van der Waals surface area (Å²) in [5.41, 5.74) is -0.936. The topological polar surface area (TPSA) is 0 Å². The lowest BCUT2D eigenvalue weighted by Gasteiger charge is -2.19. The summed E-state index contributed by atoms with van der Waals surface area (Å²) in [6.45, 7) is 7.66. The lowest BCUT2D eigenvalue weighted by molar-refractivity contribution is 0.148. The van der Waals surface area contributed by atoms with Crippen LogP contribution in [-0.2, 0) is 0 Å². The first kappa shape index (κ1) is 8.93. The Kier molecular flexibility index (Phi) is 3.16. The second kappa shape index (κ2) is 3.19. The molecule has 0 aliphatic rings. The molecule has 0 bridgehead atoms. The third-order valence-electron chi connectivity index (χ3n) is 1.57. The van der Waals surface area contributed by atoms with Crippen molar-refractivity contribution in [3.63, 3.8) is 0 Å². The minimum Gasteiger partial charge on any atom is -0.244 e. The molecule has 56 valence electrons. The largest absolute Gasteiger partial charge is 0.244 e. The van der Waals surface area contributed by atoms with Crippen molar-refractivity contribution in [3.05, 3.63) is 0 Å². The standard InChI is InChI=1S/C8H17F/c1-5-8(4,9)6-7(2)3/h7H,5-6H2,1-4H3/t8-/m1/s1/i9-1. The smallest absolute Gasteiger partial charge is 0.108 e. The van der Waals surface area contributed by atoms with Crippen molar-refractivity contribution in [2.75, 3.05) is 0 Å². The number of hydrogen-bond acceptors (Lipinski definition) is 0. The average Bonchev–Trinajstić information content (AvgIpc) is 1.63. The molecule has 0 aliphatic heterocycles. The van der Waals surface area contributed by atoms with Crippen LogP contribution in [0.2, 0.25) is 0 Å². The summed E-state index contributed by atoms with van der Waals surface area (Å²) in [6, 6.07) is 0. The molecule has 0 saturated heterocycles. The summed E-state index contributed by atoms with van der Waals surface area (Å²) >= 11 is 0. The fourth-order valence-corrected chi connectivity index (χ4v) is 0.996. The Morgan fingerprint density at radius 3 is 2.00 bits per heavy atom. The van der Waals surface area contributed by atoms with Crippen LogP contribution in [0.1, 0.15) is 40.5 Å². The molecule has 0 rings (SSSR count). The van der Waals surface area contributed by atoms with Crippen LogP contribution in [-0.4, -0.2) is 5.67 Å². The minimum atomic E-state index is -0.936. The van der Waals surface area contributed by atoms with Crippen LogP contribution in [0.25, 0.3) is 0 Å². The normalized spacial score (nSPS) is 18.0. The molecule has 0 nitrogen and oxygen atoms in total. The van der Waals surface area contributed by atoms with Gasteiger partial charge in [0.05, 0.1) is 0 Å². The molecule has 0 unspecified atom stereocenters. The van der Waals surface area contributed by atoms with Crippen molar-refractivity contribution in [3.8, 4) is 0 Å². The summed E-state index contributed by atoms with van der Waals surface area (Å²) in [5.74, 6) is 0.472. The maximum Gasteiger partial charge on any atom is 0.108 e. The van der Waals surface area contributed by atoms with Gasteiger partial charge in [-0.3, -0.25) is 0 Å². The number of alkyl halides is 1. The predicted molar refractivity (Wildman–Crippen MR) is 39.3 cm³/mol. The van der Waals surface area contributed by atoms with Crippen LogP contribution in [0.4, 0.5) is 4.39 Å². The first-order valence-corrected chi connectivity index (χ1v) is 3.67. The van der Waals surface area contributed by atoms with Gasteiger partial charge in [0.2, 0.25) is 0 Å². The van der Waals surface area contributed by atoms with Crippen molar-refractivity contribution in [1.82, 2.24) is 0 Å². The Labute approximate surface area is 57.5 Å². The molecule has 0 spiro atoms. The molecule has 0 N–H and O–H groups in total. The first-order chi connectivity index (χ1) is 3.98. The Balaban J connectivity index is 3.58. The zero-order chi connectivity index (χ0) is 7.49. The number of rotatable bonds is 3. The van der Waals surface area contributed by atoms with Crippen molar-refractivity contribution >= 4 is 0 Å². The second-order valence-electron chi connectivity index (χ2n) is 3.36. The van der Waals surface area contributed by atoms with Crippen molar-refractivity contribution in [2.45, 2.75) is 46.2 Å². The molecule has 0 aliphatic carbocycles. The molecule has 0 saturated carbocycles. The van der Waals surface area contributed by atoms with Crippen molar-refractivity contribution in [1.29, 1.82) is 0 Å². The van der Waals surface area contributed by atoms with Gasteiger partial charge in [-0.1, -0.05) is 20.8 Å². The van der Waals surface area contributed by atoms with E-state index in [-0.39, 0.29) is 0 Å². The van der Waals surface area contributed by atoms with Crippen molar-refractivity contribution in [2.24, 2.45) is 5.92 Å². The summed E-state index contributed by atoms with van der Waals surface area (Å²) in [6.07, 6.45) is 1.31. The van der Waals surface area contributed by atoms with E-state index in [1.54, 1.807) is 6.92 Å². The quantitative estimate of drug-likeness (QED) is 0.552. The van der Waals surface area contributed by atoms with Gasteiger partial charge in [0.25, 0.3) is 0 Å². The van der Waals surface area contributed by atoms with E-state index in [1.165, 1.54) is 0 Å². The van der Waals surface area contributed by atoms with E-state index in [1.807, 2.05) is 20.8 Å². The summed E-state index contributed by atoms with van der Waals surface area (Å²) in [4.78, 5) is 0. The summed E-state index contributed by atoms with van der Waals surface area (Å²) in [5, 5.41) is 0. The minimum absolute atomic E-state index is 0.472. The zero-order valence-corrected chi connectivity index (χ0v) is 6.87. The second-order valence-corrected chi connectivity index (χ2v) is 3.36. The lowest BCUT2D eigenvalue weighted by Crippen LogP contribution is -2.18. The van der Waals surface area contributed by atoms with E-state index in [2.05, 4.69) is 0 Å². The van der Waals surface area contributed by atoms with Crippen LogP contribution < -0.4 is 0 Å². The number of hydrogen-bond donors (Lipinski definition) is 0. The van der Waals surface area contributed by atoms with E-state index >= 15 is 0 Å². The Morgan fingerprint density at radius 1 is 1.44 bits per heavy atom. The monoisotopic (exact) mass is 131 g/mol. The maximum atomic E-state index is 13.1. The van der Waals surface area contributed by atoms with Crippen LogP contribution in [0.3, 0.4) is 0 Å². The molecule has 0 aromatic heterocycles. The van der Waals surface area contributed by atoms with Gasteiger partial charge in [-0.25, -0.2) is 4.39 Å². The van der Waals surface area contributed by atoms with Crippen LogP contribution >= 0.6 is 0 Å². The van der Waals surface area contributed by atoms with E-state index < -0.39 is 5.67 Å². The Morgan fingerprint density at radius 2 is 1.89 bits per heavy atom. The molecule has 0 aromatic carbocycles. The van der Waals surface area contributed by atoms with Gasteiger partial charge in [0.1, 0.15) is 5.67 Å². The van der Waals surface area contributed by atoms with Gasteiger partial charge in [-0.05, 0) is 25.7 Å². The van der Waals surface area contributed by atoms with E-state index in [0.29, 0.717) is 18.8 Å². The van der Waals surface area contributed by atoms with Gasteiger partial charge in [0.15, 0.2) is 0 Å². The summed E-state index contributed by atoms with van der Waals surface area (Å²) < 4.78 is 13.1. The van der Waals surface area contributed by atoms with E-state index in [0.717, 1.165) is 0 Å². The van der Waals surface area contributed by atoms with Gasteiger partial charge in [-0.2, -0.15) is 0 Å². The third kappa shape index (κ3) is 4.43. The first-order valence-electron chi connectivity index (χ1n) is 3.67. The molecule has 0 radical (unpaired) electrons. The zero-order valence-electron chi connectivity index (χ0n) is 6.87. The third-order valence-corrected chi connectivity index (χ3v) is 1.57. The summed E-state index contributed by atoms with van der Waals surface area (Å²) in [7, 11) is 0. The van der Waals surface area contributed by atoms with Gasteiger partial charge >= 0.3 is 0 Å². The lowest BCUT2D eigenvalue weighted by atomic mass is 9.93.